The molecule has 30 heavy (non-hydrogen) atoms. The molecule has 3 rings (SSSR count). The first kappa shape index (κ1) is 21.8. The van der Waals surface area contributed by atoms with Crippen LogP contribution in [0.15, 0.2) is 24.5 Å². The van der Waals surface area contributed by atoms with Crippen LogP contribution in [0.4, 0.5) is 16.2 Å². The predicted molar refractivity (Wildman–Crippen MR) is 113 cm³/mol. The summed E-state index contributed by atoms with van der Waals surface area (Å²) in [6, 6.07) is 2.48. The number of aromatic nitrogens is 4. The van der Waals surface area contributed by atoms with Crippen LogP contribution in [0, 0.1) is 0 Å². The first-order valence-electron chi connectivity index (χ1n) is 8.73. The molecule has 12 heteroatoms. The molecule has 0 bridgehead atoms. The van der Waals surface area contributed by atoms with Crippen molar-refractivity contribution in [1.29, 1.82) is 0 Å². The molecule has 10 nitrogen and oxygen atoms in total. The molecule has 0 aliphatic rings. The Bertz CT molecular complexity index is 1120. The van der Waals surface area contributed by atoms with E-state index in [0.29, 0.717) is 22.7 Å². The Morgan fingerprint density at radius 2 is 1.90 bits per heavy atom. The largest absolute Gasteiger partial charge is 0.375 e. The highest BCUT2D eigenvalue weighted by Gasteiger charge is 2.20. The smallest absolute Gasteiger partial charge is 0.323 e. The average Bonchev–Trinajstić information content (AvgIpc) is 3.06. The monoisotopic (exact) mass is 451 g/mol. The summed E-state index contributed by atoms with van der Waals surface area (Å²) in [6.07, 6.45) is 2.42. The average molecular weight is 452 g/mol. The van der Waals surface area contributed by atoms with Crippen LogP contribution in [0.25, 0.3) is 5.65 Å². The van der Waals surface area contributed by atoms with E-state index in [1.54, 1.807) is 27.1 Å². The first-order chi connectivity index (χ1) is 14.2. The summed E-state index contributed by atoms with van der Waals surface area (Å²) in [5, 5.41) is 9.90. The zero-order valence-electron chi connectivity index (χ0n) is 16.6. The Balaban J connectivity index is 1.84. The van der Waals surface area contributed by atoms with Crippen molar-refractivity contribution in [2.75, 3.05) is 31.8 Å². The molecular weight excluding hydrogens is 433 g/mol. The number of halogens is 2. The number of pyridine rings is 1. The van der Waals surface area contributed by atoms with Crippen LogP contribution in [-0.2, 0) is 4.74 Å². The topological polar surface area (TPSA) is 114 Å². The van der Waals surface area contributed by atoms with Gasteiger partial charge in [-0.2, -0.15) is 5.10 Å². The van der Waals surface area contributed by atoms with Gasteiger partial charge >= 0.3 is 6.03 Å². The maximum atomic E-state index is 12.5. The van der Waals surface area contributed by atoms with Crippen LogP contribution in [0.1, 0.15) is 29.2 Å². The van der Waals surface area contributed by atoms with Crippen LogP contribution < -0.4 is 10.6 Å². The second-order valence-corrected chi connectivity index (χ2v) is 7.30. The van der Waals surface area contributed by atoms with Crippen LogP contribution in [-0.4, -0.2) is 57.6 Å². The van der Waals surface area contributed by atoms with Gasteiger partial charge in [0.25, 0.3) is 5.91 Å². The van der Waals surface area contributed by atoms with Gasteiger partial charge in [-0.1, -0.05) is 23.2 Å². The molecule has 3 aromatic heterocycles. The molecule has 0 radical (unpaired) electrons. The van der Waals surface area contributed by atoms with E-state index in [4.69, 9.17) is 27.9 Å². The lowest BCUT2D eigenvalue weighted by atomic mass is 10.2. The van der Waals surface area contributed by atoms with Crippen molar-refractivity contribution in [3.8, 4) is 0 Å². The van der Waals surface area contributed by atoms with E-state index in [9.17, 15) is 9.59 Å². The fourth-order valence-corrected chi connectivity index (χ4v) is 3.10. The second-order valence-electron chi connectivity index (χ2n) is 6.51. The normalized spacial score (nSPS) is 11.9. The van der Waals surface area contributed by atoms with Gasteiger partial charge in [0, 0.05) is 27.3 Å². The highest BCUT2D eigenvalue weighted by molar-refractivity contribution is 6.33. The summed E-state index contributed by atoms with van der Waals surface area (Å²) >= 11 is 12.1. The number of nitrogens with zero attached hydrogens (tertiary/aromatic N) is 5. The number of nitrogens with one attached hydrogen (secondary N) is 2. The van der Waals surface area contributed by atoms with E-state index >= 15 is 0 Å². The minimum atomic E-state index is -0.566. The number of fused-ring (bicyclic) bond motifs is 1. The zero-order chi connectivity index (χ0) is 22.0. The molecule has 3 heterocycles. The molecule has 0 spiro atoms. The van der Waals surface area contributed by atoms with Crippen molar-refractivity contribution in [2.45, 2.75) is 13.0 Å². The molecule has 158 valence electrons. The van der Waals surface area contributed by atoms with Gasteiger partial charge in [0.2, 0.25) is 0 Å². The lowest BCUT2D eigenvalue weighted by molar-refractivity contribution is 0.0822. The van der Waals surface area contributed by atoms with Gasteiger partial charge < -0.3 is 20.3 Å². The SMILES string of the molecule is CO[C@@H](C)c1c(NC(=O)Nc2cnc(C(=O)N(C)C)c(Cl)c2)cnc2cc(Cl)nn12. The van der Waals surface area contributed by atoms with Crippen LogP contribution in [0.3, 0.4) is 0 Å². The third-order valence-corrected chi connectivity index (χ3v) is 4.66. The molecule has 0 aliphatic carbocycles. The number of carbonyl (C=O) groups excluding carboxylic acids is 2. The lowest BCUT2D eigenvalue weighted by Gasteiger charge is -2.17. The van der Waals surface area contributed by atoms with Crippen molar-refractivity contribution in [1.82, 2.24) is 24.5 Å². The second kappa shape index (κ2) is 8.82. The molecule has 0 unspecified atom stereocenters. The van der Waals surface area contributed by atoms with Gasteiger partial charge in [-0.05, 0) is 13.0 Å². The number of anilines is 2. The molecule has 0 fully saturated rings. The van der Waals surface area contributed by atoms with Crippen molar-refractivity contribution in [3.63, 3.8) is 0 Å². The molecule has 0 aromatic carbocycles. The standard InChI is InChI=1S/C18H19Cl2N7O3/c1-9(30-4)16-12(8-21-14-6-13(20)25-27(14)16)24-18(29)23-10-5-11(19)15(22-7-10)17(28)26(2)3/h5-9H,1-4H3,(H2,23,24,29)/t9-/m0/s1. The van der Waals surface area contributed by atoms with Gasteiger partial charge in [-0.3, -0.25) is 4.79 Å². The summed E-state index contributed by atoms with van der Waals surface area (Å²) < 4.78 is 6.90. The summed E-state index contributed by atoms with van der Waals surface area (Å²) in [5.41, 5.74) is 1.86. The van der Waals surface area contributed by atoms with Crippen LogP contribution >= 0.6 is 23.2 Å². The fourth-order valence-electron chi connectivity index (χ4n) is 2.68. The van der Waals surface area contributed by atoms with E-state index < -0.39 is 12.1 Å². The summed E-state index contributed by atoms with van der Waals surface area (Å²) in [6.45, 7) is 1.80. The number of amides is 3. The Kier molecular flexibility index (Phi) is 6.40. The van der Waals surface area contributed by atoms with Gasteiger partial charge in [-0.15, -0.1) is 0 Å². The maximum absolute atomic E-state index is 12.5. The van der Waals surface area contributed by atoms with Gasteiger partial charge in [0.1, 0.15) is 5.69 Å². The van der Waals surface area contributed by atoms with Gasteiger partial charge in [0.15, 0.2) is 10.8 Å². The minimum Gasteiger partial charge on any atom is -0.375 e. The van der Waals surface area contributed by atoms with Crippen molar-refractivity contribution < 1.29 is 14.3 Å². The number of rotatable bonds is 5. The molecule has 3 aromatic rings. The fraction of sp³-hybridized carbons (Fsp3) is 0.278. The molecule has 2 N–H and O–H groups in total. The Hall–Kier alpha value is -2.95. The van der Waals surface area contributed by atoms with E-state index in [1.807, 2.05) is 0 Å². The lowest BCUT2D eigenvalue weighted by Crippen LogP contribution is -2.24. The Morgan fingerprint density at radius 3 is 2.53 bits per heavy atom. The Morgan fingerprint density at radius 1 is 1.17 bits per heavy atom. The van der Waals surface area contributed by atoms with Crippen LogP contribution in [0.2, 0.25) is 10.2 Å². The van der Waals surface area contributed by atoms with Crippen molar-refractivity contribution in [3.05, 3.63) is 46.1 Å². The molecular formula is C18H19Cl2N7O3. The number of hydrogen-bond acceptors (Lipinski definition) is 6. The third kappa shape index (κ3) is 4.45. The predicted octanol–water partition coefficient (Wildman–Crippen LogP) is 3.48. The third-order valence-electron chi connectivity index (χ3n) is 4.19. The van der Waals surface area contributed by atoms with E-state index in [0.717, 1.165) is 0 Å². The van der Waals surface area contributed by atoms with Crippen molar-refractivity contribution >= 4 is 52.2 Å². The number of urea groups is 1. The summed E-state index contributed by atoms with van der Waals surface area (Å²) in [5.74, 6) is -0.341. The van der Waals surface area contributed by atoms with Gasteiger partial charge in [-0.25, -0.2) is 19.3 Å². The highest BCUT2D eigenvalue weighted by atomic mass is 35.5. The van der Waals surface area contributed by atoms with E-state index in [-0.39, 0.29) is 21.8 Å². The van der Waals surface area contributed by atoms with Crippen LogP contribution in [0.5, 0.6) is 0 Å². The minimum absolute atomic E-state index is 0.0917. The molecule has 0 saturated heterocycles. The number of carbonyl (C=O) groups is 2. The number of ether oxygens (including phenoxy) is 1. The molecule has 0 saturated carbocycles. The van der Waals surface area contributed by atoms with E-state index in [2.05, 4.69) is 25.7 Å². The quantitative estimate of drug-likeness (QED) is 0.613. The van der Waals surface area contributed by atoms with Crippen molar-refractivity contribution in [2.24, 2.45) is 0 Å². The van der Waals surface area contributed by atoms with Gasteiger partial charge in [0.05, 0.1) is 40.6 Å². The maximum Gasteiger partial charge on any atom is 0.323 e. The summed E-state index contributed by atoms with van der Waals surface area (Å²) in [4.78, 5) is 34.2. The number of hydrogen-bond donors (Lipinski definition) is 2. The highest BCUT2D eigenvalue weighted by Crippen LogP contribution is 2.27. The summed E-state index contributed by atoms with van der Waals surface area (Å²) in [7, 11) is 4.72. The molecule has 0 aliphatic heterocycles. The van der Waals surface area contributed by atoms with E-state index in [1.165, 1.54) is 35.0 Å². The molecule has 3 amide bonds. The number of methoxy groups -OCH3 is 1. The Labute approximate surface area is 182 Å². The zero-order valence-corrected chi connectivity index (χ0v) is 18.1. The first-order valence-corrected chi connectivity index (χ1v) is 9.49. The molecule has 1 atom stereocenters.